The van der Waals surface area contributed by atoms with E-state index in [1.165, 1.54) is 25.8 Å². The van der Waals surface area contributed by atoms with Gasteiger partial charge in [0, 0.05) is 5.75 Å². The maximum Gasteiger partial charge on any atom is 0.338 e. The predicted octanol–water partition coefficient (Wildman–Crippen LogP) is 1.58. The van der Waals surface area contributed by atoms with Crippen LogP contribution >= 0.6 is 11.8 Å². The smallest absolute Gasteiger partial charge is 0.338 e. The van der Waals surface area contributed by atoms with Crippen LogP contribution < -0.4 is 0 Å². The van der Waals surface area contributed by atoms with E-state index in [-0.39, 0.29) is 5.75 Å². The van der Waals surface area contributed by atoms with E-state index in [9.17, 15) is 9.90 Å². The molecule has 0 bridgehead atoms. The molecule has 1 heterocycles. The van der Waals surface area contributed by atoms with Gasteiger partial charge in [0.05, 0.1) is 18.1 Å². The lowest BCUT2D eigenvalue weighted by Crippen LogP contribution is -2.38. The number of hydrogen-bond acceptors (Lipinski definition) is 5. The Hall–Kier alpha value is -1.53. The standard InChI is InChI=1S/C12H14N2O3S/c1-12(16,10(15)17-2)7-18-11-13-8-5-3-4-6-9(8)14-11/h3-6,16H,7H2,1-2H3,(H,13,14). The van der Waals surface area contributed by atoms with Crippen LogP contribution in [0.1, 0.15) is 6.92 Å². The van der Waals surface area contributed by atoms with Crippen molar-refractivity contribution >= 4 is 28.8 Å². The van der Waals surface area contributed by atoms with Gasteiger partial charge in [0.15, 0.2) is 10.8 Å². The average molecular weight is 266 g/mol. The number of methoxy groups -OCH3 is 1. The van der Waals surface area contributed by atoms with E-state index < -0.39 is 11.6 Å². The lowest BCUT2D eigenvalue weighted by molar-refractivity contribution is -0.158. The molecule has 0 saturated carbocycles. The van der Waals surface area contributed by atoms with E-state index in [0.29, 0.717) is 5.16 Å². The fourth-order valence-electron chi connectivity index (χ4n) is 1.49. The van der Waals surface area contributed by atoms with E-state index in [1.54, 1.807) is 0 Å². The van der Waals surface area contributed by atoms with Crippen molar-refractivity contribution in [3.63, 3.8) is 0 Å². The minimum atomic E-state index is -1.52. The number of imidazole rings is 1. The fraction of sp³-hybridized carbons (Fsp3) is 0.333. The number of carbonyl (C=O) groups excluding carboxylic acids is 1. The largest absolute Gasteiger partial charge is 0.467 e. The summed E-state index contributed by atoms with van der Waals surface area (Å²) < 4.78 is 4.53. The first-order valence-electron chi connectivity index (χ1n) is 5.41. The minimum absolute atomic E-state index is 0.180. The SMILES string of the molecule is COC(=O)C(C)(O)CSc1nc2ccccc2[nH]1. The number of nitrogens with one attached hydrogen (secondary N) is 1. The average Bonchev–Trinajstić information content (AvgIpc) is 2.78. The summed E-state index contributed by atoms with van der Waals surface area (Å²) in [6.07, 6.45) is 0. The second-order valence-electron chi connectivity index (χ2n) is 4.11. The third-order valence-corrected chi connectivity index (χ3v) is 3.66. The Balaban J connectivity index is 2.08. The van der Waals surface area contributed by atoms with Crippen molar-refractivity contribution in [2.24, 2.45) is 0 Å². The van der Waals surface area contributed by atoms with Crippen molar-refractivity contribution in [3.05, 3.63) is 24.3 Å². The van der Waals surface area contributed by atoms with Crippen molar-refractivity contribution in [1.29, 1.82) is 0 Å². The highest BCUT2D eigenvalue weighted by atomic mass is 32.2. The second-order valence-corrected chi connectivity index (χ2v) is 5.08. The van der Waals surface area contributed by atoms with Crippen molar-refractivity contribution in [3.8, 4) is 0 Å². The molecule has 1 atom stereocenters. The van der Waals surface area contributed by atoms with Gasteiger partial charge in [-0.05, 0) is 19.1 Å². The molecule has 0 radical (unpaired) electrons. The van der Waals surface area contributed by atoms with Crippen LogP contribution in [0, 0.1) is 0 Å². The summed E-state index contributed by atoms with van der Waals surface area (Å²) in [7, 11) is 1.25. The van der Waals surface area contributed by atoms with Crippen molar-refractivity contribution in [2.45, 2.75) is 17.7 Å². The van der Waals surface area contributed by atoms with Crippen LogP contribution in [0.2, 0.25) is 0 Å². The lowest BCUT2D eigenvalue weighted by atomic mass is 10.1. The van der Waals surface area contributed by atoms with Crippen LogP contribution in [0.25, 0.3) is 11.0 Å². The highest BCUT2D eigenvalue weighted by Crippen LogP contribution is 2.23. The first-order chi connectivity index (χ1) is 8.53. The number of benzene rings is 1. The van der Waals surface area contributed by atoms with E-state index >= 15 is 0 Å². The summed E-state index contributed by atoms with van der Waals surface area (Å²) >= 11 is 1.28. The molecule has 5 nitrogen and oxygen atoms in total. The summed E-state index contributed by atoms with van der Waals surface area (Å²) in [5.41, 5.74) is 0.272. The Kier molecular flexibility index (Phi) is 3.58. The van der Waals surface area contributed by atoms with Gasteiger partial charge in [0.25, 0.3) is 0 Å². The number of hydrogen-bond donors (Lipinski definition) is 2. The van der Waals surface area contributed by atoms with Crippen molar-refractivity contribution < 1.29 is 14.6 Å². The van der Waals surface area contributed by atoms with Gasteiger partial charge in [-0.3, -0.25) is 0 Å². The number of aromatic amines is 1. The summed E-state index contributed by atoms with van der Waals surface area (Å²) in [5, 5.41) is 10.5. The zero-order valence-corrected chi connectivity index (χ0v) is 11.0. The summed E-state index contributed by atoms with van der Waals surface area (Å²) in [4.78, 5) is 18.8. The highest BCUT2D eigenvalue weighted by molar-refractivity contribution is 7.99. The van der Waals surface area contributed by atoms with Crippen LogP contribution in [-0.4, -0.2) is 39.5 Å². The quantitative estimate of drug-likeness (QED) is 0.649. The van der Waals surface area contributed by atoms with Gasteiger partial charge in [-0.2, -0.15) is 0 Å². The Labute approximate surface area is 109 Å². The number of aromatic nitrogens is 2. The first kappa shape index (κ1) is 12.9. The fourth-order valence-corrected chi connectivity index (χ4v) is 2.37. The summed E-state index contributed by atoms with van der Waals surface area (Å²) in [6, 6.07) is 7.64. The minimum Gasteiger partial charge on any atom is -0.467 e. The molecule has 0 fully saturated rings. The molecule has 96 valence electrons. The first-order valence-corrected chi connectivity index (χ1v) is 6.40. The summed E-state index contributed by atoms with van der Waals surface area (Å²) in [6.45, 7) is 1.43. The number of nitrogens with zero attached hydrogens (tertiary/aromatic N) is 1. The van der Waals surface area contributed by atoms with Gasteiger partial charge >= 0.3 is 5.97 Å². The molecular weight excluding hydrogens is 252 g/mol. The maximum atomic E-state index is 11.3. The molecule has 0 aliphatic carbocycles. The van der Waals surface area contributed by atoms with Gasteiger partial charge in [-0.1, -0.05) is 23.9 Å². The monoisotopic (exact) mass is 266 g/mol. The number of rotatable bonds is 4. The Morgan fingerprint density at radius 1 is 1.56 bits per heavy atom. The molecule has 1 aromatic heterocycles. The molecule has 2 aromatic rings. The normalized spacial score (nSPS) is 14.4. The van der Waals surface area contributed by atoms with Crippen molar-refractivity contribution in [2.75, 3.05) is 12.9 Å². The van der Waals surface area contributed by atoms with Crippen LogP contribution in [0.3, 0.4) is 0 Å². The number of esters is 1. The number of ether oxygens (including phenoxy) is 1. The topological polar surface area (TPSA) is 75.2 Å². The molecule has 1 unspecified atom stereocenters. The van der Waals surface area contributed by atoms with E-state index in [2.05, 4.69) is 14.7 Å². The number of para-hydroxylation sites is 2. The Morgan fingerprint density at radius 3 is 2.94 bits per heavy atom. The Morgan fingerprint density at radius 2 is 2.28 bits per heavy atom. The second kappa shape index (κ2) is 4.99. The third-order valence-electron chi connectivity index (χ3n) is 2.48. The number of H-pyrrole nitrogens is 1. The molecule has 0 aliphatic heterocycles. The molecule has 6 heteroatoms. The zero-order chi connectivity index (χ0) is 13.2. The van der Waals surface area contributed by atoms with Crippen LogP contribution in [-0.2, 0) is 9.53 Å². The summed E-state index contributed by atoms with van der Waals surface area (Å²) in [5.74, 6) is -0.467. The number of carbonyl (C=O) groups is 1. The number of thioether (sulfide) groups is 1. The lowest BCUT2D eigenvalue weighted by Gasteiger charge is -2.18. The van der Waals surface area contributed by atoms with Gasteiger partial charge in [0.2, 0.25) is 0 Å². The van der Waals surface area contributed by atoms with Gasteiger partial charge in [-0.25, -0.2) is 9.78 Å². The molecule has 2 rings (SSSR count). The third kappa shape index (κ3) is 2.65. The van der Waals surface area contributed by atoms with Crippen LogP contribution in [0.5, 0.6) is 0 Å². The van der Waals surface area contributed by atoms with E-state index in [4.69, 9.17) is 0 Å². The van der Waals surface area contributed by atoms with E-state index in [1.807, 2.05) is 24.3 Å². The molecular formula is C12H14N2O3S. The molecule has 2 N–H and O–H groups in total. The highest BCUT2D eigenvalue weighted by Gasteiger charge is 2.31. The van der Waals surface area contributed by atoms with Gasteiger partial charge in [-0.15, -0.1) is 0 Å². The Bertz CT molecular complexity index is 532. The van der Waals surface area contributed by atoms with Gasteiger partial charge in [0.1, 0.15) is 0 Å². The molecule has 0 amide bonds. The predicted molar refractivity (Wildman–Crippen MR) is 69.5 cm³/mol. The molecule has 0 aliphatic rings. The molecule has 18 heavy (non-hydrogen) atoms. The number of aliphatic hydroxyl groups is 1. The molecule has 0 spiro atoms. The van der Waals surface area contributed by atoms with Crippen LogP contribution in [0.4, 0.5) is 0 Å². The van der Waals surface area contributed by atoms with Crippen LogP contribution in [0.15, 0.2) is 29.4 Å². The molecule has 1 aromatic carbocycles. The van der Waals surface area contributed by atoms with Crippen molar-refractivity contribution in [1.82, 2.24) is 9.97 Å². The van der Waals surface area contributed by atoms with Gasteiger partial charge < -0.3 is 14.8 Å². The number of fused-ring (bicyclic) bond motifs is 1. The molecule has 0 saturated heterocycles. The van der Waals surface area contributed by atoms with E-state index in [0.717, 1.165) is 11.0 Å². The maximum absolute atomic E-state index is 11.3. The zero-order valence-electron chi connectivity index (χ0n) is 10.1.